The van der Waals surface area contributed by atoms with Crippen LogP contribution in [0.3, 0.4) is 0 Å². The van der Waals surface area contributed by atoms with Crippen LogP contribution in [0.1, 0.15) is 20.7 Å². The van der Waals surface area contributed by atoms with Crippen LogP contribution in [0.4, 0.5) is 5.69 Å². The molecule has 0 heterocycles. The molecule has 0 saturated carbocycles. The number of amides is 2. The lowest BCUT2D eigenvalue weighted by Gasteiger charge is -2.06. The van der Waals surface area contributed by atoms with Gasteiger partial charge in [0.05, 0.1) is 10.6 Å². The molecule has 2 aromatic rings. The SMILES string of the molecule is Nc1cccc(C(=O)NC(=O)c2ccccc2Cl)c1. The van der Waals surface area contributed by atoms with Gasteiger partial charge in [-0.3, -0.25) is 14.9 Å². The van der Waals surface area contributed by atoms with Crippen LogP contribution in [0.15, 0.2) is 48.5 Å². The Bertz CT molecular complexity index is 641. The number of anilines is 1. The van der Waals surface area contributed by atoms with Gasteiger partial charge in [0, 0.05) is 11.3 Å². The van der Waals surface area contributed by atoms with Crippen LogP contribution >= 0.6 is 11.6 Å². The molecule has 5 heteroatoms. The van der Waals surface area contributed by atoms with Gasteiger partial charge in [-0.15, -0.1) is 0 Å². The second-order valence-corrected chi connectivity index (χ2v) is 4.30. The molecule has 4 nitrogen and oxygen atoms in total. The molecule has 0 saturated heterocycles. The third-order valence-corrected chi connectivity index (χ3v) is 2.82. The molecule has 3 N–H and O–H groups in total. The van der Waals surface area contributed by atoms with E-state index in [1.807, 2.05) is 0 Å². The number of rotatable bonds is 2. The normalized spacial score (nSPS) is 9.95. The number of nitrogens with one attached hydrogen (secondary N) is 1. The van der Waals surface area contributed by atoms with Gasteiger partial charge in [0.25, 0.3) is 11.8 Å². The summed E-state index contributed by atoms with van der Waals surface area (Å²) in [5.41, 5.74) is 6.60. The van der Waals surface area contributed by atoms with Gasteiger partial charge in [-0.05, 0) is 30.3 Å². The van der Waals surface area contributed by atoms with Crippen molar-refractivity contribution in [3.05, 3.63) is 64.7 Å². The number of carbonyl (C=O) groups is 2. The Hall–Kier alpha value is -2.33. The number of benzene rings is 2. The number of hydrogen-bond donors (Lipinski definition) is 2. The maximum atomic E-state index is 11.9. The molecule has 96 valence electrons. The second-order valence-electron chi connectivity index (χ2n) is 3.89. The fraction of sp³-hybridized carbons (Fsp3) is 0. The maximum Gasteiger partial charge on any atom is 0.259 e. The predicted molar refractivity (Wildman–Crippen MR) is 74.1 cm³/mol. The van der Waals surface area contributed by atoms with Gasteiger partial charge in [0.15, 0.2) is 0 Å². The summed E-state index contributed by atoms with van der Waals surface area (Å²) >= 11 is 5.88. The molecule has 2 amide bonds. The van der Waals surface area contributed by atoms with Crippen LogP contribution in [0.25, 0.3) is 0 Å². The molecular formula is C14H11ClN2O2. The third-order valence-electron chi connectivity index (χ3n) is 2.49. The average molecular weight is 275 g/mol. The first-order valence-electron chi connectivity index (χ1n) is 5.53. The van der Waals surface area contributed by atoms with E-state index in [9.17, 15) is 9.59 Å². The van der Waals surface area contributed by atoms with Gasteiger partial charge >= 0.3 is 0 Å². The van der Waals surface area contributed by atoms with E-state index in [0.29, 0.717) is 16.3 Å². The van der Waals surface area contributed by atoms with Crippen molar-refractivity contribution in [3.63, 3.8) is 0 Å². The van der Waals surface area contributed by atoms with Gasteiger partial charge in [-0.1, -0.05) is 29.8 Å². The van der Waals surface area contributed by atoms with Crippen molar-refractivity contribution in [3.8, 4) is 0 Å². The highest BCUT2D eigenvalue weighted by atomic mass is 35.5. The van der Waals surface area contributed by atoms with Crippen molar-refractivity contribution in [2.24, 2.45) is 0 Å². The fourth-order valence-electron chi connectivity index (χ4n) is 1.57. The van der Waals surface area contributed by atoms with E-state index in [-0.39, 0.29) is 5.56 Å². The number of halogens is 1. The fourth-order valence-corrected chi connectivity index (χ4v) is 1.79. The van der Waals surface area contributed by atoms with Gasteiger partial charge in [-0.2, -0.15) is 0 Å². The quantitative estimate of drug-likeness (QED) is 0.653. The molecule has 0 atom stereocenters. The van der Waals surface area contributed by atoms with Gasteiger partial charge in [-0.25, -0.2) is 0 Å². The summed E-state index contributed by atoms with van der Waals surface area (Å²) in [7, 11) is 0. The highest BCUT2D eigenvalue weighted by molar-refractivity contribution is 6.34. The van der Waals surface area contributed by atoms with Crippen LogP contribution in [-0.2, 0) is 0 Å². The molecule has 0 radical (unpaired) electrons. The van der Waals surface area contributed by atoms with Crippen molar-refractivity contribution < 1.29 is 9.59 Å². The molecule has 0 aromatic heterocycles. The monoisotopic (exact) mass is 274 g/mol. The zero-order valence-corrected chi connectivity index (χ0v) is 10.6. The Morgan fingerprint density at radius 1 is 1.00 bits per heavy atom. The minimum atomic E-state index is -0.543. The summed E-state index contributed by atoms with van der Waals surface area (Å²) in [6, 6.07) is 12.9. The van der Waals surface area contributed by atoms with Crippen molar-refractivity contribution in [2.75, 3.05) is 5.73 Å². The lowest BCUT2D eigenvalue weighted by Crippen LogP contribution is -2.30. The Labute approximate surface area is 115 Å². The summed E-state index contributed by atoms with van der Waals surface area (Å²) in [5, 5.41) is 2.55. The lowest BCUT2D eigenvalue weighted by molar-refractivity contribution is 0.0849. The van der Waals surface area contributed by atoms with Gasteiger partial charge < -0.3 is 5.73 Å². The second kappa shape index (κ2) is 5.54. The van der Waals surface area contributed by atoms with E-state index >= 15 is 0 Å². The first-order chi connectivity index (χ1) is 9.08. The van der Waals surface area contributed by atoms with E-state index in [1.165, 1.54) is 6.07 Å². The number of carbonyl (C=O) groups excluding carboxylic acids is 2. The lowest BCUT2D eigenvalue weighted by atomic mass is 10.1. The van der Waals surface area contributed by atoms with E-state index in [2.05, 4.69) is 5.32 Å². The Balaban J connectivity index is 2.16. The summed E-state index contributed by atoms with van der Waals surface area (Å²) in [6.45, 7) is 0. The maximum absolute atomic E-state index is 11.9. The minimum absolute atomic E-state index is 0.251. The van der Waals surface area contributed by atoms with E-state index in [0.717, 1.165) is 0 Å². The smallest absolute Gasteiger partial charge is 0.259 e. The molecule has 2 aromatic carbocycles. The summed E-state index contributed by atoms with van der Waals surface area (Å²) in [4.78, 5) is 23.7. The molecule has 19 heavy (non-hydrogen) atoms. The average Bonchev–Trinajstić information content (AvgIpc) is 2.39. The molecule has 0 fully saturated rings. The van der Waals surface area contributed by atoms with Crippen molar-refractivity contribution >= 4 is 29.1 Å². The summed E-state index contributed by atoms with van der Waals surface area (Å²) in [5.74, 6) is -1.06. The highest BCUT2D eigenvalue weighted by Gasteiger charge is 2.14. The highest BCUT2D eigenvalue weighted by Crippen LogP contribution is 2.15. The Morgan fingerprint density at radius 2 is 1.74 bits per heavy atom. The molecular weight excluding hydrogens is 264 g/mol. The van der Waals surface area contributed by atoms with Crippen LogP contribution < -0.4 is 11.1 Å². The summed E-state index contributed by atoms with van der Waals surface area (Å²) < 4.78 is 0. The molecule has 0 unspecified atom stereocenters. The number of nitrogen functional groups attached to an aromatic ring is 1. The van der Waals surface area contributed by atoms with E-state index in [1.54, 1.807) is 42.5 Å². The Morgan fingerprint density at radius 3 is 2.42 bits per heavy atom. The van der Waals surface area contributed by atoms with Crippen LogP contribution in [0.5, 0.6) is 0 Å². The molecule has 2 rings (SSSR count). The van der Waals surface area contributed by atoms with Gasteiger partial charge in [0.2, 0.25) is 0 Å². The van der Waals surface area contributed by atoms with E-state index < -0.39 is 11.8 Å². The zero-order chi connectivity index (χ0) is 13.8. The first-order valence-corrected chi connectivity index (χ1v) is 5.91. The summed E-state index contributed by atoms with van der Waals surface area (Å²) in [6.07, 6.45) is 0. The number of hydrogen-bond acceptors (Lipinski definition) is 3. The Kier molecular flexibility index (Phi) is 3.82. The third kappa shape index (κ3) is 3.11. The molecule has 0 bridgehead atoms. The van der Waals surface area contributed by atoms with Crippen LogP contribution in [0.2, 0.25) is 5.02 Å². The van der Waals surface area contributed by atoms with Crippen molar-refractivity contribution in [1.82, 2.24) is 5.32 Å². The van der Waals surface area contributed by atoms with E-state index in [4.69, 9.17) is 17.3 Å². The van der Waals surface area contributed by atoms with Gasteiger partial charge in [0.1, 0.15) is 0 Å². The molecule has 0 spiro atoms. The standard InChI is InChI=1S/C14H11ClN2O2/c15-12-7-2-1-6-11(12)14(19)17-13(18)9-4-3-5-10(16)8-9/h1-8H,16H2,(H,17,18,19). The van der Waals surface area contributed by atoms with Crippen molar-refractivity contribution in [2.45, 2.75) is 0 Å². The molecule has 0 aliphatic heterocycles. The molecule has 0 aliphatic rings. The largest absolute Gasteiger partial charge is 0.399 e. The first kappa shape index (κ1) is 13.1. The minimum Gasteiger partial charge on any atom is -0.399 e. The van der Waals surface area contributed by atoms with Crippen LogP contribution in [0, 0.1) is 0 Å². The number of imide groups is 1. The topological polar surface area (TPSA) is 72.2 Å². The number of nitrogens with two attached hydrogens (primary N) is 1. The zero-order valence-electron chi connectivity index (χ0n) is 9.89. The van der Waals surface area contributed by atoms with Crippen molar-refractivity contribution in [1.29, 1.82) is 0 Å². The predicted octanol–water partition coefficient (Wildman–Crippen LogP) is 2.49. The molecule has 0 aliphatic carbocycles. The van der Waals surface area contributed by atoms with Crippen LogP contribution in [-0.4, -0.2) is 11.8 Å².